The summed E-state index contributed by atoms with van der Waals surface area (Å²) in [6, 6.07) is 12.9. The zero-order valence-electron chi connectivity index (χ0n) is 12.1. The molecule has 0 fully saturated rings. The third-order valence-electron chi connectivity index (χ3n) is 4.07. The molecule has 3 rings (SSSR count). The molecule has 108 valence electrons. The van der Waals surface area contributed by atoms with Gasteiger partial charge in [-0.2, -0.15) is 5.26 Å². The number of anilines is 1. The normalized spacial score (nSPS) is 17.3. The second-order valence-electron chi connectivity index (χ2n) is 5.98. The van der Waals surface area contributed by atoms with Gasteiger partial charge in [-0.25, -0.2) is 0 Å². The second-order valence-corrected chi connectivity index (χ2v) is 7.75. The lowest BCUT2D eigenvalue weighted by atomic mass is 9.86. The summed E-state index contributed by atoms with van der Waals surface area (Å²) < 4.78 is 0.873. The first-order valence-electron chi connectivity index (χ1n) is 7.06. The molecule has 2 aromatic rings. The van der Waals surface area contributed by atoms with Crippen molar-refractivity contribution in [3.8, 4) is 6.07 Å². The van der Waals surface area contributed by atoms with E-state index >= 15 is 0 Å². The number of nitrogens with one attached hydrogen (secondary N) is 1. The number of nitrogens with zero attached hydrogens (tertiary/aromatic N) is 1. The molecule has 1 aliphatic rings. The Labute approximate surface area is 134 Å². The fourth-order valence-electron chi connectivity index (χ4n) is 2.73. The minimum Gasteiger partial charge on any atom is -0.378 e. The molecule has 0 amide bonds. The minimum atomic E-state index is -0.445. The van der Waals surface area contributed by atoms with E-state index in [1.54, 1.807) is 11.3 Å². The van der Waals surface area contributed by atoms with Crippen LogP contribution in [0.3, 0.4) is 0 Å². The van der Waals surface area contributed by atoms with E-state index in [1.165, 1.54) is 10.4 Å². The van der Waals surface area contributed by atoms with Crippen LogP contribution in [0.4, 0.5) is 5.69 Å². The molecule has 1 atom stereocenters. The van der Waals surface area contributed by atoms with Crippen LogP contribution in [0.25, 0.3) is 0 Å². The van der Waals surface area contributed by atoms with Crippen LogP contribution in [0, 0.1) is 11.3 Å². The van der Waals surface area contributed by atoms with Crippen molar-refractivity contribution in [2.45, 2.75) is 38.1 Å². The second kappa shape index (κ2) is 5.36. The number of aryl methyl sites for hydroxylation is 1. The minimum absolute atomic E-state index is 0.346. The van der Waals surface area contributed by atoms with E-state index in [2.05, 4.69) is 29.6 Å². The molecule has 1 aromatic heterocycles. The van der Waals surface area contributed by atoms with Gasteiger partial charge in [0, 0.05) is 10.6 Å². The number of fused-ring (bicyclic) bond motifs is 1. The quantitative estimate of drug-likeness (QED) is 0.833. The Morgan fingerprint density at radius 1 is 1.33 bits per heavy atom. The molecule has 0 spiro atoms. The highest BCUT2D eigenvalue weighted by Crippen LogP contribution is 2.41. The molecule has 0 bridgehead atoms. The summed E-state index contributed by atoms with van der Waals surface area (Å²) in [4.78, 5) is 1.40. The van der Waals surface area contributed by atoms with Gasteiger partial charge in [0.05, 0.1) is 21.9 Å². The van der Waals surface area contributed by atoms with Gasteiger partial charge in [-0.1, -0.05) is 23.7 Å². The van der Waals surface area contributed by atoms with E-state index in [1.807, 2.05) is 26.0 Å². The molecule has 0 aliphatic heterocycles. The van der Waals surface area contributed by atoms with Gasteiger partial charge in [-0.15, -0.1) is 11.3 Å². The predicted molar refractivity (Wildman–Crippen MR) is 89.1 cm³/mol. The lowest BCUT2D eigenvalue weighted by Crippen LogP contribution is -2.14. The van der Waals surface area contributed by atoms with E-state index in [9.17, 15) is 5.26 Å². The van der Waals surface area contributed by atoms with Crippen LogP contribution < -0.4 is 5.32 Å². The fourth-order valence-corrected chi connectivity index (χ4v) is 4.09. The molecule has 0 radical (unpaired) electrons. The Morgan fingerprint density at radius 3 is 2.71 bits per heavy atom. The lowest BCUT2D eigenvalue weighted by molar-refractivity contribution is 0.686. The van der Waals surface area contributed by atoms with Crippen molar-refractivity contribution < 1.29 is 0 Å². The van der Waals surface area contributed by atoms with E-state index in [0.717, 1.165) is 28.4 Å². The van der Waals surface area contributed by atoms with Gasteiger partial charge in [0.2, 0.25) is 0 Å². The van der Waals surface area contributed by atoms with Gasteiger partial charge in [0.25, 0.3) is 0 Å². The summed E-state index contributed by atoms with van der Waals surface area (Å²) in [5.74, 6) is 0. The molecular weight excluding hydrogens is 300 g/mol. The Kier molecular flexibility index (Phi) is 3.69. The number of rotatable bonds is 3. The largest absolute Gasteiger partial charge is 0.378 e. The smallest absolute Gasteiger partial charge is 0.0934 e. The first-order chi connectivity index (χ1) is 9.99. The van der Waals surface area contributed by atoms with Gasteiger partial charge in [0.15, 0.2) is 0 Å². The maximum absolute atomic E-state index is 9.18. The van der Waals surface area contributed by atoms with Crippen LogP contribution in [0.15, 0.2) is 30.3 Å². The number of halogens is 1. The van der Waals surface area contributed by atoms with Gasteiger partial charge in [0.1, 0.15) is 0 Å². The molecule has 2 nitrogen and oxygen atoms in total. The first-order valence-corrected chi connectivity index (χ1v) is 8.25. The highest BCUT2D eigenvalue weighted by molar-refractivity contribution is 7.16. The SMILES string of the molecule is CC(C)(C#N)c1ccc(NC2CCc3sc(Cl)cc32)cc1. The standard InChI is InChI=1S/C17H17ClN2S/c1-17(2,10-19)11-3-5-12(6-4-11)20-14-7-8-15-13(14)9-16(18)21-15/h3-6,9,14,20H,7-8H2,1-2H3. The zero-order chi connectivity index (χ0) is 15.0. The molecule has 21 heavy (non-hydrogen) atoms. The summed E-state index contributed by atoms with van der Waals surface area (Å²) in [5.41, 5.74) is 3.03. The van der Waals surface area contributed by atoms with Crippen LogP contribution in [0.5, 0.6) is 0 Å². The molecule has 1 aliphatic carbocycles. The Balaban J connectivity index is 1.77. The highest BCUT2D eigenvalue weighted by atomic mass is 35.5. The number of nitriles is 1. The van der Waals surface area contributed by atoms with Crippen molar-refractivity contribution in [2.75, 3.05) is 5.32 Å². The summed E-state index contributed by atoms with van der Waals surface area (Å²) in [6.07, 6.45) is 2.22. The Hall–Kier alpha value is -1.50. The molecule has 1 N–H and O–H groups in total. The third kappa shape index (κ3) is 2.79. The summed E-state index contributed by atoms with van der Waals surface area (Å²) in [7, 11) is 0. The molecule has 0 saturated carbocycles. The van der Waals surface area contributed by atoms with Crippen LogP contribution in [-0.4, -0.2) is 0 Å². The van der Waals surface area contributed by atoms with Crippen molar-refractivity contribution in [1.29, 1.82) is 5.26 Å². The van der Waals surface area contributed by atoms with Crippen LogP contribution in [0.2, 0.25) is 4.34 Å². The average molecular weight is 317 g/mol. The van der Waals surface area contributed by atoms with Gasteiger partial charge >= 0.3 is 0 Å². The van der Waals surface area contributed by atoms with E-state index < -0.39 is 5.41 Å². The molecule has 1 heterocycles. The van der Waals surface area contributed by atoms with Crippen molar-refractivity contribution in [2.24, 2.45) is 0 Å². The maximum Gasteiger partial charge on any atom is 0.0934 e. The van der Waals surface area contributed by atoms with Gasteiger partial charge < -0.3 is 5.32 Å². The molecular formula is C17H17ClN2S. The average Bonchev–Trinajstić information content (AvgIpc) is 3.00. The molecule has 1 aromatic carbocycles. The van der Waals surface area contributed by atoms with Crippen LogP contribution in [-0.2, 0) is 11.8 Å². The molecule has 4 heteroatoms. The first kappa shape index (κ1) is 14.4. The summed E-state index contributed by atoms with van der Waals surface area (Å²) in [6.45, 7) is 3.87. The van der Waals surface area contributed by atoms with Crippen molar-refractivity contribution in [3.05, 3.63) is 50.7 Å². The van der Waals surface area contributed by atoms with Crippen molar-refractivity contribution >= 4 is 28.6 Å². The maximum atomic E-state index is 9.18. The zero-order valence-corrected chi connectivity index (χ0v) is 13.7. The molecule has 1 unspecified atom stereocenters. The lowest BCUT2D eigenvalue weighted by Gasteiger charge is -2.18. The number of thiophene rings is 1. The number of hydrogen-bond acceptors (Lipinski definition) is 3. The third-order valence-corrected chi connectivity index (χ3v) is 5.41. The topological polar surface area (TPSA) is 35.8 Å². The summed E-state index contributed by atoms with van der Waals surface area (Å²) >= 11 is 7.78. The van der Waals surface area contributed by atoms with Gasteiger partial charge in [-0.05, 0) is 56.0 Å². The Morgan fingerprint density at radius 2 is 2.05 bits per heavy atom. The van der Waals surface area contributed by atoms with E-state index in [0.29, 0.717) is 6.04 Å². The predicted octanol–water partition coefficient (Wildman–Crippen LogP) is 5.30. The van der Waals surface area contributed by atoms with Crippen molar-refractivity contribution in [1.82, 2.24) is 0 Å². The van der Waals surface area contributed by atoms with E-state index in [-0.39, 0.29) is 0 Å². The molecule has 0 saturated heterocycles. The van der Waals surface area contributed by atoms with Gasteiger partial charge in [-0.3, -0.25) is 0 Å². The van der Waals surface area contributed by atoms with E-state index in [4.69, 9.17) is 11.6 Å². The number of hydrogen-bond donors (Lipinski definition) is 1. The fraction of sp³-hybridized carbons (Fsp3) is 0.353. The Bertz CT molecular complexity index is 695. The monoisotopic (exact) mass is 316 g/mol. The van der Waals surface area contributed by atoms with Crippen molar-refractivity contribution in [3.63, 3.8) is 0 Å². The highest BCUT2D eigenvalue weighted by Gasteiger charge is 2.25. The number of benzene rings is 1. The van der Waals surface area contributed by atoms with Crippen LogP contribution >= 0.6 is 22.9 Å². The summed E-state index contributed by atoms with van der Waals surface area (Å²) in [5, 5.41) is 12.8. The van der Waals surface area contributed by atoms with Crippen LogP contribution in [0.1, 0.15) is 42.3 Å².